The average Bonchev–Trinajstić information content (AvgIpc) is 2.52. The Balaban J connectivity index is 2.19. The van der Waals surface area contributed by atoms with Crippen LogP contribution in [0.1, 0.15) is 23.6 Å². The highest BCUT2D eigenvalue weighted by Crippen LogP contribution is 2.22. The van der Waals surface area contributed by atoms with E-state index in [-0.39, 0.29) is 0 Å². The SMILES string of the molecule is CCN(Cc1ccccc1)c1ccc(C=CC(N)=O)c(C)c1. The number of benzene rings is 2. The van der Waals surface area contributed by atoms with Crippen molar-refractivity contribution >= 4 is 17.7 Å². The van der Waals surface area contributed by atoms with Gasteiger partial charge in [0.1, 0.15) is 0 Å². The number of nitrogens with zero attached hydrogens (tertiary/aromatic N) is 1. The zero-order chi connectivity index (χ0) is 15.9. The van der Waals surface area contributed by atoms with E-state index in [1.807, 2.05) is 19.1 Å². The van der Waals surface area contributed by atoms with Crippen molar-refractivity contribution in [2.45, 2.75) is 20.4 Å². The van der Waals surface area contributed by atoms with Crippen LogP contribution in [0.4, 0.5) is 5.69 Å². The van der Waals surface area contributed by atoms with Gasteiger partial charge < -0.3 is 10.6 Å². The number of aryl methyl sites for hydroxylation is 1. The second kappa shape index (κ2) is 7.46. The first-order valence-electron chi connectivity index (χ1n) is 7.47. The highest BCUT2D eigenvalue weighted by molar-refractivity contribution is 5.90. The number of carbonyl (C=O) groups excluding carboxylic acids is 1. The molecule has 22 heavy (non-hydrogen) atoms. The lowest BCUT2D eigenvalue weighted by Crippen LogP contribution is -2.22. The standard InChI is InChI=1S/C19H22N2O/c1-3-21(14-16-7-5-4-6-8-16)18-11-9-17(15(2)13-18)10-12-19(20)22/h4-13H,3,14H2,1-2H3,(H2,20,22). The largest absolute Gasteiger partial charge is 0.367 e. The van der Waals surface area contributed by atoms with E-state index in [9.17, 15) is 4.79 Å². The lowest BCUT2D eigenvalue weighted by Gasteiger charge is -2.24. The minimum atomic E-state index is -0.428. The molecule has 2 aromatic carbocycles. The van der Waals surface area contributed by atoms with Gasteiger partial charge in [-0.1, -0.05) is 36.4 Å². The van der Waals surface area contributed by atoms with Gasteiger partial charge in [-0.15, -0.1) is 0 Å². The van der Waals surface area contributed by atoms with Crippen molar-refractivity contribution in [1.82, 2.24) is 0 Å². The molecule has 3 nitrogen and oxygen atoms in total. The first-order chi connectivity index (χ1) is 10.6. The third-order valence-corrected chi connectivity index (χ3v) is 3.64. The fourth-order valence-corrected chi connectivity index (χ4v) is 2.40. The van der Waals surface area contributed by atoms with Crippen molar-refractivity contribution in [3.8, 4) is 0 Å². The van der Waals surface area contributed by atoms with E-state index in [1.54, 1.807) is 6.08 Å². The predicted molar refractivity (Wildman–Crippen MR) is 92.6 cm³/mol. The number of nitrogens with two attached hydrogens (primary N) is 1. The summed E-state index contributed by atoms with van der Waals surface area (Å²) in [5, 5.41) is 0. The summed E-state index contributed by atoms with van der Waals surface area (Å²) in [6.45, 7) is 6.01. The molecule has 2 N–H and O–H groups in total. The second-order valence-corrected chi connectivity index (χ2v) is 5.28. The number of primary amides is 1. The van der Waals surface area contributed by atoms with Crippen LogP contribution < -0.4 is 10.6 Å². The molecule has 0 spiro atoms. The Labute approximate surface area is 132 Å². The van der Waals surface area contributed by atoms with Crippen LogP contribution in [0, 0.1) is 6.92 Å². The third kappa shape index (κ3) is 4.22. The van der Waals surface area contributed by atoms with E-state index in [2.05, 4.69) is 48.2 Å². The average molecular weight is 294 g/mol. The number of hydrogen-bond donors (Lipinski definition) is 1. The number of carbonyl (C=O) groups is 1. The van der Waals surface area contributed by atoms with Crippen molar-refractivity contribution < 1.29 is 4.79 Å². The van der Waals surface area contributed by atoms with Crippen LogP contribution in [0.2, 0.25) is 0 Å². The van der Waals surface area contributed by atoms with E-state index >= 15 is 0 Å². The van der Waals surface area contributed by atoms with Crippen molar-refractivity contribution in [2.75, 3.05) is 11.4 Å². The number of anilines is 1. The van der Waals surface area contributed by atoms with Crippen LogP contribution in [-0.2, 0) is 11.3 Å². The van der Waals surface area contributed by atoms with Crippen LogP contribution in [0.15, 0.2) is 54.6 Å². The maximum absolute atomic E-state index is 10.8. The number of hydrogen-bond acceptors (Lipinski definition) is 2. The Morgan fingerprint density at radius 3 is 2.50 bits per heavy atom. The van der Waals surface area contributed by atoms with Gasteiger partial charge in [0.15, 0.2) is 0 Å². The van der Waals surface area contributed by atoms with Crippen molar-refractivity contribution in [3.05, 3.63) is 71.3 Å². The quantitative estimate of drug-likeness (QED) is 0.829. The van der Waals surface area contributed by atoms with Crippen molar-refractivity contribution in [3.63, 3.8) is 0 Å². The molecule has 0 heterocycles. The fraction of sp³-hybridized carbons (Fsp3) is 0.211. The molecule has 0 fully saturated rings. The van der Waals surface area contributed by atoms with Crippen molar-refractivity contribution in [2.24, 2.45) is 5.73 Å². The van der Waals surface area contributed by atoms with E-state index < -0.39 is 5.91 Å². The summed E-state index contributed by atoms with van der Waals surface area (Å²) in [5.74, 6) is -0.428. The van der Waals surface area contributed by atoms with E-state index in [0.717, 1.165) is 24.2 Å². The minimum absolute atomic E-state index is 0.428. The summed E-state index contributed by atoms with van der Waals surface area (Å²) < 4.78 is 0. The van der Waals surface area contributed by atoms with Crippen LogP contribution >= 0.6 is 0 Å². The smallest absolute Gasteiger partial charge is 0.241 e. The van der Waals surface area contributed by atoms with Gasteiger partial charge in [0.05, 0.1) is 0 Å². The molecule has 3 heteroatoms. The first-order valence-corrected chi connectivity index (χ1v) is 7.47. The Morgan fingerprint density at radius 1 is 1.18 bits per heavy atom. The molecule has 2 rings (SSSR count). The fourth-order valence-electron chi connectivity index (χ4n) is 2.40. The van der Waals surface area contributed by atoms with Gasteiger partial charge in [-0.2, -0.15) is 0 Å². The Hall–Kier alpha value is -2.55. The Kier molecular flexibility index (Phi) is 5.37. The summed E-state index contributed by atoms with van der Waals surface area (Å²) in [7, 11) is 0. The summed E-state index contributed by atoms with van der Waals surface area (Å²) >= 11 is 0. The minimum Gasteiger partial charge on any atom is -0.367 e. The van der Waals surface area contributed by atoms with Gasteiger partial charge in [0.2, 0.25) is 5.91 Å². The summed E-state index contributed by atoms with van der Waals surface area (Å²) in [6, 6.07) is 16.7. The Morgan fingerprint density at radius 2 is 1.91 bits per heavy atom. The molecule has 0 aliphatic carbocycles. The monoisotopic (exact) mass is 294 g/mol. The van der Waals surface area contributed by atoms with Gasteiger partial charge in [-0.25, -0.2) is 0 Å². The molecular weight excluding hydrogens is 272 g/mol. The molecule has 0 aliphatic rings. The highest BCUT2D eigenvalue weighted by atomic mass is 16.1. The lowest BCUT2D eigenvalue weighted by molar-refractivity contribution is -0.113. The topological polar surface area (TPSA) is 46.3 Å². The molecule has 0 bridgehead atoms. The number of rotatable bonds is 6. The maximum Gasteiger partial charge on any atom is 0.241 e. The summed E-state index contributed by atoms with van der Waals surface area (Å²) in [6.07, 6.45) is 3.15. The van der Waals surface area contributed by atoms with E-state index in [4.69, 9.17) is 5.73 Å². The molecule has 0 atom stereocenters. The van der Waals surface area contributed by atoms with Crippen LogP contribution in [0.3, 0.4) is 0 Å². The zero-order valence-corrected chi connectivity index (χ0v) is 13.1. The maximum atomic E-state index is 10.8. The second-order valence-electron chi connectivity index (χ2n) is 5.28. The summed E-state index contributed by atoms with van der Waals surface area (Å²) in [5.41, 5.74) is 9.75. The predicted octanol–water partition coefficient (Wildman–Crippen LogP) is 3.52. The molecule has 1 amide bonds. The molecular formula is C19H22N2O. The molecule has 0 aromatic heterocycles. The van der Waals surface area contributed by atoms with E-state index in [1.165, 1.54) is 17.3 Å². The molecule has 0 aliphatic heterocycles. The zero-order valence-electron chi connectivity index (χ0n) is 13.1. The van der Waals surface area contributed by atoms with E-state index in [0.29, 0.717) is 0 Å². The number of amides is 1. The van der Waals surface area contributed by atoms with Crippen LogP contribution in [0.25, 0.3) is 6.08 Å². The Bertz CT molecular complexity index is 662. The molecule has 0 saturated heterocycles. The summed E-state index contributed by atoms with van der Waals surface area (Å²) in [4.78, 5) is 13.2. The molecule has 0 unspecified atom stereocenters. The highest BCUT2D eigenvalue weighted by Gasteiger charge is 2.06. The van der Waals surface area contributed by atoms with Crippen LogP contribution in [-0.4, -0.2) is 12.5 Å². The molecule has 0 radical (unpaired) electrons. The lowest BCUT2D eigenvalue weighted by atomic mass is 10.1. The van der Waals surface area contributed by atoms with Gasteiger partial charge in [0.25, 0.3) is 0 Å². The third-order valence-electron chi connectivity index (χ3n) is 3.64. The van der Waals surface area contributed by atoms with Gasteiger partial charge in [-0.05, 0) is 48.7 Å². The van der Waals surface area contributed by atoms with Crippen LogP contribution in [0.5, 0.6) is 0 Å². The molecule has 114 valence electrons. The van der Waals surface area contributed by atoms with Gasteiger partial charge >= 0.3 is 0 Å². The first kappa shape index (κ1) is 15.8. The van der Waals surface area contributed by atoms with Gasteiger partial charge in [0, 0.05) is 24.9 Å². The molecule has 0 saturated carbocycles. The molecule has 2 aromatic rings. The van der Waals surface area contributed by atoms with Crippen molar-refractivity contribution in [1.29, 1.82) is 0 Å². The normalized spacial score (nSPS) is 10.8. The van der Waals surface area contributed by atoms with Gasteiger partial charge in [-0.3, -0.25) is 4.79 Å².